The summed E-state index contributed by atoms with van der Waals surface area (Å²) in [7, 11) is 0. The molecule has 0 aliphatic carbocycles. The van der Waals surface area contributed by atoms with Crippen molar-refractivity contribution in [2.45, 2.75) is 19.0 Å². The smallest absolute Gasteiger partial charge is 0.262 e. The summed E-state index contributed by atoms with van der Waals surface area (Å²) in [6.45, 7) is 0.188. The van der Waals surface area contributed by atoms with Crippen LogP contribution < -0.4 is 10.9 Å². The van der Waals surface area contributed by atoms with Crippen LogP contribution in [0.5, 0.6) is 0 Å². The van der Waals surface area contributed by atoms with Crippen LogP contribution >= 0.6 is 27.3 Å². The van der Waals surface area contributed by atoms with E-state index in [9.17, 15) is 14.0 Å². The van der Waals surface area contributed by atoms with Crippen LogP contribution in [0.25, 0.3) is 10.2 Å². The second-order valence-corrected chi connectivity index (χ2v) is 8.52. The zero-order valence-electron chi connectivity index (χ0n) is 15.7. The molecule has 0 saturated carbocycles. The van der Waals surface area contributed by atoms with Crippen molar-refractivity contribution in [1.82, 2.24) is 14.9 Å². The van der Waals surface area contributed by atoms with Crippen LogP contribution in [0.2, 0.25) is 0 Å². The van der Waals surface area contributed by atoms with E-state index in [1.165, 1.54) is 28.3 Å². The Morgan fingerprint density at radius 3 is 2.77 bits per heavy atom. The number of carbonyl (C=O) groups is 1. The van der Waals surface area contributed by atoms with Gasteiger partial charge in [-0.2, -0.15) is 0 Å². The normalized spacial score (nSPS) is 12.1. The summed E-state index contributed by atoms with van der Waals surface area (Å²) < 4.78 is 16.7. The summed E-state index contributed by atoms with van der Waals surface area (Å²) in [5.41, 5.74) is 0.967. The maximum Gasteiger partial charge on any atom is 0.262 e. The van der Waals surface area contributed by atoms with E-state index in [-0.39, 0.29) is 24.4 Å². The first-order chi connectivity index (χ1) is 14.5. The second-order valence-electron chi connectivity index (χ2n) is 6.71. The standard InChI is InChI=1S/C22H17BrFN3O2S/c23-15-6-7-16(18(24)12-15)20(14-4-2-1-3-5-14)26-19(28)8-10-27-13-25-21-17(22(27)29)9-11-30-21/h1-7,9,11-13,20H,8,10H2,(H,26,28). The number of amides is 1. The Kier molecular flexibility index (Phi) is 6.06. The highest BCUT2D eigenvalue weighted by atomic mass is 79.9. The molecular formula is C22H17BrFN3O2S. The lowest BCUT2D eigenvalue weighted by atomic mass is 9.98. The van der Waals surface area contributed by atoms with Crippen LogP contribution in [0.1, 0.15) is 23.6 Å². The Labute approximate surface area is 184 Å². The number of hydrogen-bond donors (Lipinski definition) is 1. The highest BCUT2D eigenvalue weighted by molar-refractivity contribution is 9.10. The molecule has 4 aromatic rings. The van der Waals surface area contributed by atoms with Gasteiger partial charge in [0, 0.05) is 23.0 Å². The third kappa shape index (κ3) is 4.34. The van der Waals surface area contributed by atoms with Gasteiger partial charge in [-0.15, -0.1) is 11.3 Å². The minimum Gasteiger partial charge on any atom is -0.345 e. The van der Waals surface area contributed by atoms with E-state index in [1.807, 2.05) is 35.7 Å². The Hall–Kier alpha value is -2.84. The first-order valence-electron chi connectivity index (χ1n) is 9.25. The fourth-order valence-corrected chi connectivity index (χ4v) is 4.29. The summed E-state index contributed by atoms with van der Waals surface area (Å²) in [4.78, 5) is 30.1. The summed E-state index contributed by atoms with van der Waals surface area (Å²) in [5.74, 6) is -0.703. The van der Waals surface area contributed by atoms with Crippen molar-refractivity contribution in [3.63, 3.8) is 0 Å². The monoisotopic (exact) mass is 485 g/mol. The molecule has 0 radical (unpaired) electrons. The minimum absolute atomic E-state index is 0.0682. The first-order valence-corrected chi connectivity index (χ1v) is 10.9. The second kappa shape index (κ2) is 8.89. The van der Waals surface area contributed by atoms with Gasteiger partial charge in [0.2, 0.25) is 5.91 Å². The van der Waals surface area contributed by atoms with Crippen molar-refractivity contribution < 1.29 is 9.18 Å². The molecule has 30 heavy (non-hydrogen) atoms. The molecule has 0 fully saturated rings. The molecule has 1 amide bonds. The number of aryl methyl sites for hydroxylation is 1. The molecule has 1 atom stereocenters. The molecule has 2 aromatic heterocycles. The molecule has 0 aliphatic heterocycles. The van der Waals surface area contributed by atoms with Gasteiger partial charge in [0.15, 0.2) is 0 Å². The highest BCUT2D eigenvalue weighted by Gasteiger charge is 2.20. The molecular weight excluding hydrogens is 469 g/mol. The largest absolute Gasteiger partial charge is 0.345 e. The minimum atomic E-state index is -0.638. The SMILES string of the molecule is O=C(CCn1cnc2sccc2c1=O)NC(c1ccccc1)c1ccc(Br)cc1F. The van der Waals surface area contributed by atoms with E-state index in [0.717, 1.165) is 5.56 Å². The number of benzene rings is 2. The number of rotatable bonds is 6. The van der Waals surface area contributed by atoms with E-state index >= 15 is 0 Å². The lowest BCUT2D eigenvalue weighted by Crippen LogP contribution is -2.31. The van der Waals surface area contributed by atoms with E-state index in [1.54, 1.807) is 18.2 Å². The molecule has 2 aromatic carbocycles. The van der Waals surface area contributed by atoms with Crippen LogP contribution in [0.3, 0.4) is 0 Å². The van der Waals surface area contributed by atoms with Crippen LogP contribution in [-0.2, 0) is 11.3 Å². The first kappa shape index (κ1) is 20.4. The van der Waals surface area contributed by atoms with E-state index in [2.05, 4.69) is 26.2 Å². The molecule has 152 valence electrons. The number of fused-ring (bicyclic) bond motifs is 1. The average Bonchev–Trinajstić information content (AvgIpc) is 3.22. The van der Waals surface area contributed by atoms with Gasteiger partial charge in [-0.05, 0) is 29.1 Å². The Morgan fingerprint density at radius 1 is 1.20 bits per heavy atom. The van der Waals surface area contributed by atoms with E-state index in [4.69, 9.17) is 0 Å². The molecule has 0 bridgehead atoms. The maximum atomic E-state index is 14.6. The molecule has 8 heteroatoms. The molecule has 0 spiro atoms. The van der Waals surface area contributed by atoms with Gasteiger partial charge in [0.25, 0.3) is 5.56 Å². The van der Waals surface area contributed by atoms with Gasteiger partial charge in [-0.3, -0.25) is 14.2 Å². The predicted octanol–water partition coefficient (Wildman–Crippen LogP) is 4.66. The van der Waals surface area contributed by atoms with Crippen LogP contribution in [0, 0.1) is 5.82 Å². The Bertz CT molecular complexity index is 1260. The number of hydrogen-bond acceptors (Lipinski definition) is 4. The van der Waals surface area contributed by atoms with Gasteiger partial charge in [0.1, 0.15) is 10.6 Å². The van der Waals surface area contributed by atoms with E-state index < -0.39 is 11.9 Å². The average molecular weight is 486 g/mol. The molecule has 2 heterocycles. The summed E-state index contributed by atoms with van der Waals surface area (Å²) in [6.07, 6.45) is 1.52. The number of aromatic nitrogens is 2. The van der Waals surface area contributed by atoms with E-state index in [0.29, 0.717) is 20.3 Å². The number of halogens is 2. The lowest BCUT2D eigenvalue weighted by molar-refractivity contribution is -0.121. The third-order valence-electron chi connectivity index (χ3n) is 4.74. The van der Waals surface area contributed by atoms with Gasteiger partial charge in [-0.25, -0.2) is 9.37 Å². The zero-order valence-corrected chi connectivity index (χ0v) is 18.1. The summed E-state index contributed by atoms with van der Waals surface area (Å²) >= 11 is 4.66. The number of nitrogens with zero attached hydrogens (tertiary/aromatic N) is 2. The number of thiophene rings is 1. The topological polar surface area (TPSA) is 64.0 Å². The molecule has 1 N–H and O–H groups in total. The number of carbonyl (C=O) groups excluding carboxylic acids is 1. The number of nitrogens with one attached hydrogen (secondary N) is 1. The van der Waals surface area contributed by atoms with Crippen molar-refractivity contribution >= 4 is 43.4 Å². The zero-order chi connectivity index (χ0) is 21.1. The van der Waals surface area contributed by atoms with Gasteiger partial charge in [0.05, 0.1) is 17.8 Å². The molecule has 1 unspecified atom stereocenters. The lowest BCUT2D eigenvalue weighted by Gasteiger charge is -2.21. The molecule has 5 nitrogen and oxygen atoms in total. The third-order valence-corrected chi connectivity index (χ3v) is 6.06. The van der Waals surface area contributed by atoms with Crippen molar-refractivity contribution in [2.24, 2.45) is 0 Å². The van der Waals surface area contributed by atoms with Gasteiger partial charge < -0.3 is 5.32 Å². The predicted molar refractivity (Wildman–Crippen MR) is 119 cm³/mol. The van der Waals surface area contributed by atoms with Crippen LogP contribution in [-0.4, -0.2) is 15.5 Å². The Balaban J connectivity index is 1.54. The highest BCUT2D eigenvalue weighted by Crippen LogP contribution is 2.26. The van der Waals surface area contributed by atoms with Crippen LogP contribution in [0.15, 0.2) is 75.6 Å². The summed E-state index contributed by atoms with van der Waals surface area (Å²) in [5, 5.41) is 5.26. The van der Waals surface area contributed by atoms with Crippen LogP contribution in [0.4, 0.5) is 4.39 Å². The molecule has 0 aliphatic rings. The molecule has 0 saturated heterocycles. The Morgan fingerprint density at radius 2 is 2.00 bits per heavy atom. The van der Waals surface area contributed by atoms with Crippen molar-refractivity contribution in [3.8, 4) is 0 Å². The fraction of sp³-hybridized carbons (Fsp3) is 0.136. The van der Waals surface area contributed by atoms with Gasteiger partial charge in [-0.1, -0.05) is 52.3 Å². The van der Waals surface area contributed by atoms with Crippen molar-refractivity contribution in [2.75, 3.05) is 0 Å². The van der Waals surface area contributed by atoms with Crippen molar-refractivity contribution in [1.29, 1.82) is 0 Å². The van der Waals surface area contributed by atoms with Gasteiger partial charge >= 0.3 is 0 Å². The maximum absolute atomic E-state index is 14.6. The van der Waals surface area contributed by atoms with Crippen molar-refractivity contribution in [3.05, 3.63) is 98.1 Å². The quantitative estimate of drug-likeness (QED) is 0.432. The molecule has 4 rings (SSSR count). The summed E-state index contributed by atoms with van der Waals surface area (Å²) in [6, 6.07) is 15.1. The fourth-order valence-electron chi connectivity index (χ4n) is 3.23.